The largest absolute Gasteiger partial charge is 0.491 e. The van der Waals surface area contributed by atoms with Crippen LogP contribution < -0.4 is 9.47 Å². The minimum atomic E-state index is 0.270. The number of hydrogen-bond acceptors (Lipinski definition) is 4. The summed E-state index contributed by atoms with van der Waals surface area (Å²) in [5.41, 5.74) is 0. The lowest BCUT2D eigenvalue weighted by Crippen LogP contribution is -2.05. The fraction of sp³-hybridized carbons (Fsp3) is 0.375. The summed E-state index contributed by atoms with van der Waals surface area (Å²) in [5, 5.41) is 2.22. The smallest absolute Gasteiger partial charge is 0.127 e. The van der Waals surface area contributed by atoms with Crippen molar-refractivity contribution in [2.45, 2.75) is 12.2 Å². The van der Waals surface area contributed by atoms with E-state index in [4.69, 9.17) is 18.9 Å². The van der Waals surface area contributed by atoms with Crippen LogP contribution in [0.3, 0.4) is 0 Å². The number of benzene rings is 2. The topological polar surface area (TPSA) is 43.5 Å². The van der Waals surface area contributed by atoms with Crippen LogP contribution in [0, 0.1) is 0 Å². The monoisotopic (exact) mass is 272 g/mol. The first-order valence-corrected chi connectivity index (χ1v) is 6.90. The Morgan fingerprint density at radius 3 is 2.45 bits per heavy atom. The van der Waals surface area contributed by atoms with Gasteiger partial charge in [0.15, 0.2) is 0 Å². The van der Waals surface area contributed by atoms with Crippen molar-refractivity contribution in [3.8, 4) is 11.5 Å². The van der Waals surface area contributed by atoms with E-state index in [1.807, 2.05) is 30.3 Å². The van der Waals surface area contributed by atoms with E-state index >= 15 is 0 Å². The van der Waals surface area contributed by atoms with Crippen molar-refractivity contribution in [2.75, 3.05) is 26.4 Å². The number of epoxide rings is 2. The Balaban J connectivity index is 1.54. The second-order valence-electron chi connectivity index (χ2n) is 5.17. The molecule has 0 N–H and O–H groups in total. The highest BCUT2D eigenvalue weighted by Gasteiger charge is 2.24. The van der Waals surface area contributed by atoms with E-state index in [1.165, 1.54) is 0 Å². The average molecular weight is 272 g/mol. The van der Waals surface area contributed by atoms with Gasteiger partial charge >= 0.3 is 0 Å². The van der Waals surface area contributed by atoms with Crippen LogP contribution in [0.25, 0.3) is 10.8 Å². The van der Waals surface area contributed by atoms with E-state index in [1.54, 1.807) is 0 Å². The molecule has 2 saturated heterocycles. The lowest BCUT2D eigenvalue weighted by molar-refractivity contribution is 0.263. The van der Waals surface area contributed by atoms with Gasteiger partial charge in [-0.1, -0.05) is 12.1 Å². The fourth-order valence-electron chi connectivity index (χ4n) is 2.15. The first-order valence-electron chi connectivity index (χ1n) is 6.90. The Morgan fingerprint density at radius 1 is 0.950 bits per heavy atom. The zero-order valence-electron chi connectivity index (χ0n) is 11.1. The van der Waals surface area contributed by atoms with Gasteiger partial charge in [-0.15, -0.1) is 0 Å². The van der Waals surface area contributed by atoms with E-state index in [-0.39, 0.29) is 12.2 Å². The maximum absolute atomic E-state index is 5.81. The zero-order valence-corrected chi connectivity index (χ0v) is 11.1. The molecule has 20 heavy (non-hydrogen) atoms. The Bertz CT molecular complexity index is 617. The van der Waals surface area contributed by atoms with Crippen molar-refractivity contribution in [1.82, 2.24) is 0 Å². The van der Waals surface area contributed by atoms with Crippen LogP contribution in [0.4, 0.5) is 0 Å². The predicted octanol–water partition coefficient (Wildman–Crippen LogP) is 2.40. The van der Waals surface area contributed by atoms with Crippen molar-refractivity contribution < 1.29 is 18.9 Å². The molecule has 2 heterocycles. The molecule has 104 valence electrons. The second-order valence-corrected chi connectivity index (χ2v) is 5.17. The molecule has 2 aliphatic heterocycles. The molecule has 0 saturated carbocycles. The van der Waals surface area contributed by atoms with Gasteiger partial charge in [-0.25, -0.2) is 0 Å². The third kappa shape index (κ3) is 2.71. The summed E-state index contributed by atoms with van der Waals surface area (Å²) in [5.74, 6) is 1.77. The molecule has 0 aliphatic carbocycles. The molecular formula is C16H16O4. The summed E-state index contributed by atoms with van der Waals surface area (Å²) in [4.78, 5) is 0. The van der Waals surface area contributed by atoms with Crippen LogP contribution in [0.1, 0.15) is 0 Å². The van der Waals surface area contributed by atoms with Gasteiger partial charge in [0, 0.05) is 5.39 Å². The number of hydrogen-bond donors (Lipinski definition) is 0. The first-order chi connectivity index (χ1) is 9.88. The van der Waals surface area contributed by atoms with Gasteiger partial charge in [-0.3, -0.25) is 0 Å². The number of fused-ring (bicyclic) bond motifs is 1. The Hall–Kier alpha value is -1.78. The molecule has 0 spiro atoms. The minimum absolute atomic E-state index is 0.270. The normalized spacial score (nSPS) is 23.6. The molecule has 0 bridgehead atoms. The maximum Gasteiger partial charge on any atom is 0.127 e. The summed E-state index contributed by atoms with van der Waals surface area (Å²) in [6.07, 6.45) is 0.547. The van der Waals surface area contributed by atoms with E-state index in [9.17, 15) is 0 Å². The molecule has 4 rings (SSSR count). The summed E-state index contributed by atoms with van der Waals surface area (Å²) in [7, 11) is 0. The second kappa shape index (κ2) is 4.96. The summed E-state index contributed by atoms with van der Waals surface area (Å²) in [6, 6.07) is 12.1. The molecule has 0 amide bonds. The van der Waals surface area contributed by atoms with Gasteiger partial charge in [0.25, 0.3) is 0 Å². The first kappa shape index (κ1) is 12.0. The van der Waals surface area contributed by atoms with Crippen LogP contribution in [0.2, 0.25) is 0 Å². The number of ether oxygens (including phenoxy) is 4. The average Bonchev–Trinajstić information content (AvgIpc) is 3.37. The molecule has 4 heteroatoms. The predicted molar refractivity (Wildman–Crippen MR) is 74.4 cm³/mol. The molecule has 0 radical (unpaired) electrons. The van der Waals surface area contributed by atoms with Crippen molar-refractivity contribution in [3.05, 3.63) is 36.4 Å². The summed E-state index contributed by atoms with van der Waals surface area (Å²) < 4.78 is 21.8. The van der Waals surface area contributed by atoms with Gasteiger partial charge in [-0.05, 0) is 29.7 Å². The number of rotatable bonds is 6. The van der Waals surface area contributed by atoms with Crippen molar-refractivity contribution >= 4 is 10.8 Å². The van der Waals surface area contributed by atoms with E-state index in [0.29, 0.717) is 13.2 Å². The maximum atomic E-state index is 5.81. The van der Waals surface area contributed by atoms with E-state index in [0.717, 1.165) is 35.5 Å². The Kier molecular flexibility index (Phi) is 2.98. The summed E-state index contributed by atoms with van der Waals surface area (Å²) >= 11 is 0. The molecule has 2 aromatic carbocycles. The molecule has 0 aromatic heterocycles. The van der Waals surface area contributed by atoms with Crippen LogP contribution >= 0.6 is 0 Å². The van der Waals surface area contributed by atoms with Gasteiger partial charge in [0.1, 0.15) is 36.9 Å². The lowest BCUT2D eigenvalue weighted by atomic mass is 10.1. The minimum Gasteiger partial charge on any atom is -0.491 e. The molecule has 2 aromatic rings. The molecule has 2 aliphatic rings. The fourth-order valence-corrected chi connectivity index (χ4v) is 2.15. The van der Waals surface area contributed by atoms with Crippen LogP contribution in [-0.2, 0) is 9.47 Å². The highest BCUT2D eigenvalue weighted by Crippen LogP contribution is 2.29. The van der Waals surface area contributed by atoms with E-state index < -0.39 is 0 Å². The highest BCUT2D eigenvalue weighted by atomic mass is 16.6. The van der Waals surface area contributed by atoms with Gasteiger partial charge in [0.05, 0.1) is 13.2 Å². The third-order valence-electron chi connectivity index (χ3n) is 3.48. The molecule has 2 atom stereocenters. The molecular weight excluding hydrogens is 256 g/mol. The molecule has 0 unspecified atom stereocenters. The Labute approximate surface area is 117 Å². The SMILES string of the molecule is c1cc(OC[C@H]2CO2)c2ccc(OC[C@H]3CO3)cc2c1. The Morgan fingerprint density at radius 2 is 1.70 bits per heavy atom. The summed E-state index contributed by atoms with van der Waals surface area (Å²) in [6.45, 7) is 2.87. The van der Waals surface area contributed by atoms with Crippen LogP contribution in [0.15, 0.2) is 36.4 Å². The quantitative estimate of drug-likeness (QED) is 0.757. The standard InChI is InChI=1S/C16H16O4/c1-2-11-6-12(17-7-13-8-18-13)4-5-15(11)16(3-1)20-10-14-9-19-14/h1-6,13-14H,7-10H2/t13-,14+/m0/s1. The lowest BCUT2D eigenvalue weighted by Gasteiger charge is -2.10. The molecule has 2 fully saturated rings. The van der Waals surface area contributed by atoms with Crippen molar-refractivity contribution in [2.24, 2.45) is 0 Å². The highest BCUT2D eigenvalue weighted by molar-refractivity contribution is 5.89. The molecule has 4 nitrogen and oxygen atoms in total. The van der Waals surface area contributed by atoms with Crippen LogP contribution in [-0.4, -0.2) is 38.6 Å². The van der Waals surface area contributed by atoms with Gasteiger partial charge < -0.3 is 18.9 Å². The van der Waals surface area contributed by atoms with Gasteiger partial charge in [-0.2, -0.15) is 0 Å². The van der Waals surface area contributed by atoms with E-state index in [2.05, 4.69) is 6.07 Å². The zero-order chi connectivity index (χ0) is 13.4. The van der Waals surface area contributed by atoms with Crippen molar-refractivity contribution in [1.29, 1.82) is 0 Å². The third-order valence-corrected chi connectivity index (χ3v) is 3.48. The van der Waals surface area contributed by atoms with Crippen molar-refractivity contribution in [3.63, 3.8) is 0 Å². The van der Waals surface area contributed by atoms with Crippen LogP contribution in [0.5, 0.6) is 11.5 Å². The van der Waals surface area contributed by atoms with Gasteiger partial charge in [0.2, 0.25) is 0 Å².